The lowest BCUT2D eigenvalue weighted by Gasteiger charge is -2.25. The summed E-state index contributed by atoms with van der Waals surface area (Å²) in [7, 11) is -2.84. The molecule has 0 fully saturated rings. The van der Waals surface area contributed by atoms with Crippen LogP contribution in [-0.4, -0.2) is 29.3 Å². The zero-order valence-electron chi connectivity index (χ0n) is 21.6. The molecule has 4 aromatic carbocycles. The van der Waals surface area contributed by atoms with E-state index in [0.29, 0.717) is 39.0 Å². The molecule has 0 spiro atoms. The van der Waals surface area contributed by atoms with Crippen molar-refractivity contribution in [3.63, 3.8) is 0 Å². The molecule has 0 saturated carbocycles. The fourth-order valence-electron chi connectivity index (χ4n) is 5.13. The maximum Gasteiger partial charge on any atom is 0.344 e. The molecule has 0 aliphatic heterocycles. The predicted molar refractivity (Wildman–Crippen MR) is 153 cm³/mol. The van der Waals surface area contributed by atoms with Crippen LogP contribution in [0.2, 0.25) is 0 Å². The van der Waals surface area contributed by atoms with Gasteiger partial charge in [-0.15, -0.1) is 0 Å². The number of carbonyl (C=O) groups excluding carboxylic acids is 2. The maximum absolute atomic E-state index is 13.9. The van der Waals surface area contributed by atoms with Gasteiger partial charge in [0.2, 0.25) is 0 Å². The number of ether oxygens (including phenoxy) is 1. The molecule has 9 nitrogen and oxygen atoms in total. The Balaban J connectivity index is 1.55. The summed E-state index contributed by atoms with van der Waals surface area (Å²) >= 11 is 0. The molecule has 5 aromatic rings. The number of esters is 1. The lowest BCUT2D eigenvalue weighted by molar-refractivity contribution is 0.0471. The fraction of sp³-hybridized carbons (Fsp3) is 0.0645. The number of fused-ring (bicyclic) bond motifs is 2. The van der Waals surface area contributed by atoms with Gasteiger partial charge in [-0.2, -0.15) is 8.42 Å². The zero-order valence-corrected chi connectivity index (χ0v) is 22.4. The van der Waals surface area contributed by atoms with Gasteiger partial charge in [-0.25, -0.2) is 4.79 Å². The first-order valence-corrected chi connectivity index (χ1v) is 14.0. The molecular formula is C31H22N2O7S. The largest absolute Gasteiger partial charge is 0.457 e. The van der Waals surface area contributed by atoms with Crippen LogP contribution in [0, 0.1) is 0 Å². The molecule has 10 heteroatoms. The van der Waals surface area contributed by atoms with Gasteiger partial charge in [0.05, 0.1) is 21.7 Å². The quantitative estimate of drug-likeness (QED) is 0.210. The minimum absolute atomic E-state index is 0.0328. The van der Waals surface area contributed by atoms with Crippen molar-refractivity contribution in [3.8, 4) is 11.1 Å². The van der Waals surface area contributed by atoms with Gasteiger partial charge >= 0.3 is 5.97 Å². The second-order valence-corrected chi connectivity index (χ2v) is 11.0. The van der Waals surface area contributed by atoms with Gasteiger partial charge in [-0.1, -0.05) is 54.6 Å². The topological polar surface area (TPSA) is 132 Å². The third kappa shape index (κ3) is 4.48. The van der Waals surface area contributed by atoms with Gasteiger partial charge in [0.1, 0.15) is 12.2 Å². The average molecular weight is 567 g/mol. The normalized spacial score (nSPS) is 12.2. The van der Waals surface area contributed by atoms with E-state index in [4.69, 9.17) is 4.74 Å². The van der Waals surface area contributed by atoms with Crippen molar-refractivity contribution in [2.24, 2.45) is 7.05 Å². The van der Waals surface area contributed by atoms with Gasteiger partial charge in [0.25, 0.3) is 15.7 Å². The van der Waals surface area contributed by atoms with E-state index >= 15 is 0 Å². The number of hydrogen-bond acceptors (Lipinski definition) is 7. The predicted octanol–water partition coefficient (Wildman–Crippen LogP) is 5.10. The lowest BCUT2D eigenvalue weighted by atomic mass is 9.81. The Morgan fingerprint density at radius 2 is 1.51 bits per heavy atom. The minimum atomic E-state index is -4.38. The number of hydrogen-bond donors (Lipinski definition) is 2. The van der Waals surface area contributed by atoms with Crippen molar-refractivity contribution in [1.29, 1.82) is 0 Å². The number of aryl methyl sites for hydroxylation is 1. The van der Waals surface area contributed by atoms with Crippen LogP contribution >= 0.6 is 0 Å². The van der Waals surface area contributed by atoms with Crippen molar-refractivity contribution < 1.29 is 27.3 Å². The van der Waals surface area contributed by atoms with Crippen LogP contribution in [0.5, 0.6) is 0 Å². The average Bonchev–Trinajstić information content (AvgIpc) is 2.97. The van der Waals surface area contributed by atoms with Crippen LogP contribution in [0.15, 0.2) is 101 Å². The van der Waals surface area contributed by atoms with Gasteiger partial charge in [-0.05, 0) is 47.5 Å². The molecule has 1 aliphatic rings. The van der Waals surface area contributed by atoms with Crippen molar-refractivity contribution in [1.82, 2.24) is 4.57 Å². The molecule has 0 amide bonds. The maximum atomic E-state index is 13.9. The number of ketones is 1. The number of pyridine rings is 1. The van der Waals surface area contributed by atoms with E-state index in [9.17, 15) is 27.4 Å². The van der Waals surface area contributed by atoms with Crippen molar-refractivity contribution in [2.75, 3.05) is 5.32 Å². The summed E-state index contributed by atoms with van der Waals surface area (Å²) in [6, 6.07) is 24.6. The SMILES string of the molecule is Cn1c(=O)c(C(=O)OCc2ccccc2)c2c3c(c(Nc4ccc(S(=O)(=O)O)cc4)ccc31)C(=O)c1ccccc1-2. The molecule has 1 aliphatic carbocycles. The molecule has 0 unspecified atom stereocenters. The number of anilines is 2. The summed E-state index contributed by atoms with van der Waals surface area (Å²) < 4.78 is 39.1. The summed E-state index contributed by atoms with van der Waals surface area (Å²) in [5, 5.41) is 3.56. The number of rotatable bonds is 6. The smallest absolute Gasteiger partial charge is 0.344 e. The summed E-state index contributed by atoms with van der Waals surface area (Å²) in [4.78, 5) is 40.8. The highest BCUT2D eigenvalue weighted by Gasteiger charge is 2.34. The fourth-order valence-corrected chi connectivity index (χ4v) is 5.61. The Morgan fingerprint density at radius 3 is 2.20 bits per heavy atom. The van der Waals surface area contributed by atoms with Gasteiger partial charge in [-0.3, -0.25) is 14.1 Å². The second-order valence-electron chi connectivity index (χ2n) is 9.56. The Kier molecular flexibility index (Phi) is 6.29. The number of nitrogens with zero attached hydrogens (tertiary/aromatic N) is 1. The zero-order chi connectivity index (χ0) is 28.9. The van der Waals surface area contributed by atoms with Crippen molar-refractivity contribution in [2.45, 2.75) is 11.5 Å². The Bertz CT molecular complexity index is 2050. The molecule has 41 heavy (non-hydrogen) atoms. The Hall–Kier alpha value is -5.06. The minimum Gasteiger partial charge on any atom is -0.457 e. The summed E-state index contributed by atoms with van der Waals surface area (Å²) in [5.74, 6) is -1.11. The molecule has 0 bridgehead atoms. The molecule has 0 atom stereocenters. The van der Waals surface area contributed by atoms with E-state index in [2.05, 4.69) is 5.32 Å². The molecule has 1 heterocycles. The lowest BCUT2D eigenvalue weighted by Crippen LogP contribution is -2.29. The molecule has 2 N–H and O–H groups in total. The van der Waals surface area contributed by atoms with Crippen LogP contribution < -0.4 is 10.9 Å². The Labute approximate surface area is 234 Å². The number of nitrogens with one attached hydrogen (secondary N) is 1. The molecule has 0 saturated heterocycles. The van der Waals surface area contributed by atoms with E-state index in [0.717, 1.165) is 5.56 Å². The highest BCUT2D eigenvalue weighted by Crippen LogP contribution is 2.43. The third-order valence-electron chi connectivity index (χ3n) is 7.08. The first-order chi connectivity index (χ1) is 19.6. The Morgan fingerprint density at radius 1 is 0.854 bits per heavy atom. The van der Waals surface area contributed by atoms with Crippen LogP contribution in [0.3, 0.4) is 0 Å². The second kappa shape index (κ2) is 9.84. The highest BCUT2D eigenvalue weighted by atomic mass is 32.2. The van der Waals surface area contributed by atoms with Crippen LogP contribution in [0.1, 0.15) is 31.8 Å². The van der Waals surface area contributed by atoms with Gasteiger partial charge < -0.3 is 14.6 Å². The highest BCUT2D eigenvalue weighted by molar-refractivity contribution is 7.85. The van der Waals surface area contributed by atoms with Crippen LogP contribution in [0.25, 0.3) is 22.0 Å². The first kappa shape index (κ1) is 26.2. The number of aromatic nitrogens is 1. The van der Waals surface area contributed by atoms with Crippen LogP contribution in [0.4, 0.5) is 11.4 Å². The van der Waals surface area contributed by atoms with E-state index in [1.807, 2.05) is 30.3 Å². The standard InChI is InChI=1S/C31H22N2O7S/c1-33-24-16-15-23(32-19-11-13-20(14-12-19)41(37,38)39)26-27(24)25(21-9-5-6-10-22(21)29(26)34)28(30(33)35)31(36)40-17-18-7-3-2-4-8-18/h2-16,32H,17H2,1H3,(H,37,38,39). The number of benzene rings is 4. The molecule has 1 aromatic heterocycles. The first-order valence-electron chi connectivity index (χ1n) is 12.5. The van der Waals surface area contributed by atoms with Gasteiger partial charge in [0.15, 0.2) is 5.78 Å². The van der Waals surface area contributed by atoms with Crippen molar-refractivity contribution in [3.05, 3.63) is 124 Å². The summed E-state index contributed by atoms with van der Waals surface area (Å²) in [6.45, 7) is -0.0328. The molecule has 0 radical (unpaired) electrons. The molecular weight excluding hydrogens is 544 g/mol. The van der Waals surface area contributed by atoms with Crippen LogP contribution in [-0.2, 0) is 28.5 Å². The van der Waals surface area contributed by atoms with E-state index < -0.39 is 21.6 Å². The van der Waals surface area contributed by atoms with Gasteiger partial charge in [0, 0.05) is 29.2 Å². The van der Waals surface area contributed by atoms with E-state index in [1.165, 1.54) is 35.9 Å². The number of carbonyl (C=O) groups is 2. The molecule has 6 rings (SSSR count). The van der Waals surface area contributed by atoms with E-state index in [1.54, 1.807) is 36.4 Å². The summed E-state index contributed by atoms with van der Waals surface area (Å²) in [5.41, 5.74) is 2.67. The summed E-state index contributed by atoms with van der Waals surface area (Å²) in [6.07, 6.45) is 0. The van der Waals surface area contributed by atoms with Crippen molar-refractivity contribution >= 4 is 44.1 Å². The third-order valence-corrected chi connectivity index (χ3v) is 7.95. The van der Waals surface area contributed by atoms with E-state index in [-0.39, 0.29) is 28.4 Å². The molecule has 204 valence electrons. The monoisotopic (exact) mass is 566 g/mol.